The molecule has 1 amide bonds. The van der Waals surface area contributed by atoms with Crippen molar-refractivity contribution in [2.75, 3.05) is 13.1 Å². The quantitative estimate of drug-likeness (QED) is 0.844. The Morgan fingerprint density at radius 1 is 1.31 bits per heavy atom. The Bertz CT molecular complexity index is 774. The van der Waals surface area contributed by atoms with Crippen LogP contribution in [0.1, 0.15) is 55.6 Å². The average Bonchev–Trinajstić information content (AvgIpc) is 3.10. The van der Waals surface area contributed by atoms with Gasteiger partial charge in [-0.25, -0.2) is 4.79 Å². The summed E-state index contributed by atoms with van der Waals surface area (Å²) in [5, 5.41) is 7.33. The Kier molecular flexibility index (Phi) is 5.11. The number of benzene rings is 1. The fourth-order valence-corrected chi connectivity index (χ4v) is 3.28. The number of piperidine rings is 1. The number of nitrogens with one attached hydrogen (secondary N) is 1. The lowest BCUT2D eigenvalue weighted by molar-refractivity contribution is 0.0197. The molecule has 2 aromatic rings. The Hall–Kier alpha value is -2.63. The summed E-state index contributed by atoms with van der Waals surface area (Å²) in [6, 6.07) is 7.44. The lowest BCUT2D eigenvalue weighted by Gasteiger charge is -2.34. The molecule has 1 aromatic carbocycles. The molecule has 1 aliphatic heterocycles. The first-order valence-corrected chi connectivity index (χ1v) is 8.94. The van der Waals surface area contributed by atoms with Crippen LogP contribution in [0.25, 0.3) is 11.1 Å². The normalized spacial score (nSPS) is 17.8. The van der Waals surface area contributed by atoms with Gasteiger partial charge in [0.05, 0.1) is 6.20 Å². The van der Waals surface area contributed by atoms with E-state index in [0.29, 0.717) is 18.7 Å². The van der Waals surface area contributed by atoms with Crippen LogP contribution < -0.4 is 0 Å². The lowest BCUT2D eigenvalue weighted by Crippen LogP contribution is -2.42. The molecule has 0 saturated carbocycles. The minimum Gasteiger partial charge on any atom is -0.444 e. The molecule has 1 aliphatic rings. The predicted molar refractivity (Wildman–Crippen MR) is 99.2 cm³/mol. The number of aromatic nitrogens is 2. The van der Waals surface area contributed by atoms with Crippen LogP contribution in [0.15, 0.2) is 30.5 Å². The first kappa shape index (κ1) is 18.2. The molecule has 1 saturated heterocycles. The highest BCUT2D eigenvalue weighted by Gasteiger charge is 2.30. The first-order valence-electron chi connectivity index (χ1n) is 8.94. The van der Waals surface area contributed by atoms with Crippen LogP contribution in [-0.4, -0.2) is 46.2 Å². The number of rotatable bonds is 3. The van der Waals surface area contributed by atoms with Gasteiger partial charge in [0.1, 0.15) is 11.9 Å². The fourth-order valence-electron chi connectivity index (χ4n) is 3.28. The molecular formula is C20H25N3O3. The fraction of sp³-hybridized carbons (Fsp3) is 0.450. The maximum atomic E-state index is 12.4. The number of hydrogen-bond donors (Lipinski definition) is 1. The molecule has 1 atom stereocenters. The van der Waals surface area contributed by atoms with E-state index in [9.17, 15) is 9.59 Å². The highest BCUT2D eigenvalue weighted by Crippen LogP contribution is 2.33. The minimum absolute atomic E-state index is 0.180. The number of carbonyl (C=O) groups is 2. The molecule has 138 valence electrons. The van der Waals surface area contributed by atoms with E-state index in [1.807, 2.05) is 32.9 Å². The number of nitrogens with zero attached hydrogens (tertiary/aromatic N) is 2. The number of aromatic amines is 1. The summed E-state index contributed by atoms with van der Waals surface area (Å²) in [6.07, 6.45) is 4.28. The van der Waals surface area contributed by atoms with Crippen LogP contribution in [0.2, 0.25) is 0 Å². The van der Waals surface area contributed by atoms with Gasteiger partial charge >= 0.3 is 6.09 Å². The van der Waals surface area contributed by atoms with E-state index in [0.717, 1.165) is 35.9 Å². The summed E-state index contributed by atoms with van der Waals surface area (Å²) in [5.41, 5.74) is 3.20. The van der Waals surface area contributed by atoms with E-state index in [-0.39, 0.29) is 12.0 Å². The molecule has 1 fully saturated rings. The summed E-state index contributed by atoms with van der Waals surface area (Å²) in [7, 11) is 0. The van der Waals surface area contributed by atoms with Gasteiger partial charge in [0, 0.05) is 35.8 Å². The largest absolute Gasteiger partial charge is 0.444 e. The van der Waals surface area contributed by atoms with Crippen molar-refractivity contribution in [3.8, 4) is 11.1 Å². The molecule has 0 radical (unpaired) electrons. The van der Waals surface area contributed by atoms with E-state index < -0.39 is 5.60 Å². The van der Waals surface area contributed by atoms with E-state index in [4.69, 9.17) is 4.74 Å². The maximum Gasteiger partial charge on any atom is 0.410 e. The second-order valence-corrected chi connectivity index (χ2v) is 7.70. The van der Waals surface area contributed by atoms with Crippen molar-refractivity contribution in [1.82, 2.24) is 15.1 Å². The number of H-pyrrole nitrogens is 1. The standard InChI is InChI=1S/C20H25N3O3/c1-20(2,3)26-19(25)23-10-4-5-16(12-23)18-17(11-21-22-18)15-8-6-14(13-24)7-9-15/h6-9,11,13,16H,4-5,10,12H2,1-3H3,(H,21,22)/t16-/m1/s1. The Morgan fingerprint density at radius 2 is 2.04 bits per heavy atom. The second kappa shape index (κ2) is 7.32. The molecule has 6 nitrogen and oxygen atoms in total. The van der Waals surface area contributed by atoms with Crippen molar-refractivity contribution < 1.29 is 14.3 Å². The lowest BCUT2D eigenvalue weighted by atomic mass is 9.90. The summed E-state index contributed by atoms with van der Waals surface area (Å²) < 4.78 is 5.51. The van der Waals surface area contributed by atoms with Gasteiger partial charge in [-0.15, -0.1) is 0 Å². The zero-order valence-electron chi connectivity index (χ0n) is 15.5. The van der Waals surface area contributed by atoms with Crippen molar-refractivity contribution >= 4 is 12.4 Å². The molecular weight excluding hydrogens is 330 g/mol. The average molecular weight is 355 g/mol. The van der Waals surface area contributed by atoms with Crippen molar-refractivity contribution in [2.24, 2.45) is 0 Å². The number of carbonyl (C=O) groups excluding carboxylic acids is 2. The monoisotopic (exact) mass is 355 g/mol. The summed E-state index contributed by atoms with van der Waals surface area (Å²) in [5.74, 6) is 0.180. The van der Waals surface area contributed by atoms with Gasteiger partial charge in [0.2, 0.25) is 0 Å². The SMILES string of the molecule is CC(C)(C)OC(=O)N1CCC[C@@H](c2[nH]ncc2-c2ccc(C=O)cc2)C1. The number of amides is 1. The summed E-state index contributed by atoms with van der Waals surface area (Å²) in [4.78, 5) is 25.0. The third kappa shape index (κ3) is 4.12. The van der Waals surface area contributed by atoms with Gasteiger partial charge in [-0.3, -0.25) is 9.89 Å². The minimum atomic E-state index is -0.497. The van der Waals surface area contributed by atoms with Crippen LogP contribution in [0.4, 0.5) is 4.79 Å². The molecule has 1 aromatic heterocycles. The zero-order valence-corrected chi connectivity index (χ0v) is 15.5. The number of hydrogen-bond acceptors (Lipinski definition) is 4. The van der Waals surface area contributed by atoms with Crippen molar-refractivity contribution in [3.05, 3.63) is 41.7 Å². The van der Waals surface area contributed by atoms with E-state index in [1.54, 1.807) is 23.2 Å². The molecule has 3 rings (SSSR count). The highest BCUT2D eigenvalue weighted by atomic mass is 16.6. The van der Waals surface area contributed by atoms with Crippen LogP contribution in [0.3, 0.4) is 0 Å². The maximum absolute atomic E-state index is 12.4. The van der Waals surface area contributed by atoms with Crippen molar-refractivity contribution in [1.29, 1.82) is 0 Å². The van der Waals surface area contributed by atoms with Crippen molar-refractivity contribution in [2.45, 2.75) is 45.1 Å². The number of aldehydes is 1. The van der Waals surface area contributed by atoms with Crippen LogP contribution >= 0.6 is 0 Å². The zero-order chi connectivity index (χ0) is 18.7. The van der Waals surface area contributed by atoms with Gasteiger partial charge in [-0.2, -0.15) is 5.10 Å². The van der Waals surface area contributed by atoms with Crippen molar-refractivity contribution in [3.63, 3.8) is 0 Å². The Balaban J connectivity index is 1.78. The topological polar surface area (TPSA) is 75.3 Å². The molecule has 0 spiro atoms. The van der Waals surface area contributed by atoms with Crippen LogP contribution in [0, 0.1) is 0 Å². The number of likely N-dealkylation sites (tertiary alicyclic amines) is 1. The van der Waals surface area contributed by atoms with Crippen LogP contribution in [-0.2, 0) is 4.74 Å². The summed E-state index contributed by atoms with van der Waals surface area (Å²) >= 11 is 0. The smallest absolute Gasteiger partial charge is 0.410 e. The Labute approximate surface area is 153 Å². The third-order valence-corrected chi connectivity index (χ3v) is 4.51. The summed E-state index contributed by atoms with van der Waals surface area (Å²) in [6.45, 7) is 6.95. The molecule has 26 heavy (non-hydrogen) atoms. The van der Waals surface area contributed by atoms with E-state index in [2.05, 4.69) is 10.2 Å². The molecule has 6 heteroatoms. The molecule has 1 N–H and O–H groups in total. The molecule has 0 aliphatic carbocycles. The number of ether oxygens (including phenoxy) is 1. The van der Waals surface area contributed by atoms with Gasteiger partial charge in [-0.05, 0) is 39.2 Å². The predicted octanol–water partition coefficient (Wildman–Crippen LogP) is 4.00. The van der Waals surface area contributed by atoms with Gasteiger partial charge in [0.15, 0.2) is 0 Å². The van der Waals surface area contributed by atoms with E-state index >= 15 is 0 Å². The van der Waals surface area contributed by atoms with Gasteiger partial charge < -0.3 is 9.64 Å². The third-order valence-electron chi connectivity index (χ3n) is 4.51. The second-order valence-electron chi connectivity index (χ2n) is 7.70. The van der Waals surface area contributed by atoms with Crippen LogP contribution in [0.5, 0.6) is 0 Å². The highest BCUT2D eigenvalue weighted by molar-refractivity contribution is 5.77. The Morgan fingerprint density at radius 3 is 2.69 bits per heavy atom. The van der Waals surface area contributed by atoms with Gasteiger partial charge in [-0.1, -0.05) is 24.3 Å². The van der Waals surface area contributed by atoms with E-state index in [1.165, 1.54) is 0 Å². The first-order chi connectivity index (χ1) is 12.4. The molecule has 0 bridgehead atoms. The molecule has 0 unspecified atom stereocenters. The van der Waals surface area contributed by atoms with Gasteiger partial charge in [0.25, 0.3) is 0 Å². The molecule has 2 heterocycles.